The van der Waals surface area contributed by atoms with E-state index >= 15 is 0 Å². The molecular formula is C25H28N2O. The van der Waals surface area contributed by atoms with Crippen LogP contribution in [-0.4, -0.2) is 29.0 Å². The Hall–Kier alpha value is -2.13. The number of piperidine rings is 1. The molecule has 1 aromatic heterocycles. The molecular weight excluding hydrogens is 344 g/mol. The maximum Gasteiger partial charge on any atom is 0.239 e. The van der Waals surface area contributed by atoms with Gasteiger partial charge in [-0.1, -0.05) is 50.3 Å². The lowest BCUT2D eigenvalue weighted by atomic mass is 9.71. The molecule has 3 atom stereocenters. The van der Waals surface area contributed by atoms with Crippen LogP contribution in [0.5, 0.6) is 0 Å². The third-order valence-corrected chi connectivity index (χ3v) is 7.55. The summed E-state index contributed by atoms with van der Waals surface area (Å²) in [6.45, 7) is 5.79. The fraction of sp³-hybridized carbons (Fsp3) is 0.480. The van der Waals surface area contributed by atoms with Gasteiger partial charge in [0.25, 0.3) is 0 Å². The van der Waals surface area contributed by atoms with Gasteiger partial charge in [-0.05, 0) is 60.4 Å². The fourth-order valence-corrected chi connectivity index (χ4v) is 6.52. The van der Waals surface area contributed by atoms with Crippen LogP contribution in [0.4, 0.5) is 0 Å². The summed E-state index contributed by atoms with van der Waals surface area (Å²) >= 11 is 0. The molecule has 0 radical (unpaired) electrons. The summed E-state index contributed by atoms with van der Waals surface area (Å²) in [5.74, 6) is 0.741. The summed E-state index contributed by atoms with van der Waals surface area (Å²) < 4.78 is 2.19. The van der Waals surface area contributed by atoms with Crippen molar-refractivity contribution >= 4 is 11.5 Å². The number of fused-ring (bicyclic) bond motifs is 2. The van der Waals surface area contributed by atoms with Gasteiger partial charge in [-0.3, -0.25) is 14.3 Å². The number of allylic oxidation sites excluding steroid dienone is 2. The summed E-state index contributed by atoms with van der Waals surface area (Å²) in [6.07, 6.45) is 6.82. The van der Waals surface area contributed by atoms with Crippen molar-refractivity contribution < 1.29 is 4.79 Å². The molecule has 1 saturated heterocycles. The topological polar surface area (TPSA) is 25.2 Å². The highest BCUT2D eigenvalue weighted by atomic mass is 16.2. The highest BCUT2D eigenvalue weighted by molar-refractivity contribution is 5.96. The van der Waals surface area contributed by atoms with Crippen LogP contribution < -0.4 is 0 Å². The standard InChI is InChI=1S/C25H28N2O/c1-25(2)12-17-11-18(15-7-5-4-6-8-15)24(28)27-22(17)19(13-25)21-20-10-9-16(23(21)27)14-26(20)3/h4-8,12,16,18,20H,9-11,13-14H2,1-3H3. The van der Waals surface area contributed by atoms with Crippen molar-refractivity contribution in [3.63, 3.8) is 0 Å². The van der Waals surface area contributed by atoms with Crippen molar-refractivity contribution in [2.24, 2.45) is 5.41 Å². The average molecular weight is 373 g/mol. The number of carbonyl (C=O) groups excluding carboxylic acids is 1. The van der Waals surface area contributed by atoms with Crippen molar-refractivity contribution in [1.29, 1.82) is 0 Å². The molecule has 3 aliphatic heterocycles. The molecule has 3 unspecified atom stereocenters. The maximum atomic E-state index is 13.8. The van der Waals surface area contributed by atoms with Gasteiger partial charge >= 0.3 is 0 Å². The summed E-state index contributed by atoms with van der Waals surface area (Å²) in [5.41, 5.74) is 8.35. The van der Waals surface area contributed by atoms with E-state index in [9.17, 15) is 4.79 Å². The fourth-order valence-electron chi connectivity index (χ4n) is 6.52. The van der Waals surface area contributed by atoms with Crippen LogP contribution >= 0.6 is 0 Å². The van der Waals surface area contributed by atoms with Gasteiger partial charge in [0.05, 0.1) is 11.6 Å². The monoisotopic (exact) mass is 372 g/mol. The molecule has 28 heavy (non-hydrogen) atoms. The lowest BCUT2D eigenvalue weighted by molar-refractivity contribution is 0.0849. The molecule has 1 fully saturated rings. The normalized spacial score (nSPS) is 30.0. The molecule has 2 bridgehead atoms. The van der Waals surface area contributed by atoms with Crippen LogP contribution in [0.2, 0.25) is 0 Å². The highest BCUT2D eigenvalue weighted by Crippen LogP contribution is 2.55. The van der Waals surface area contributed by atoms with Gasteiger partial charge in [0.1, 0.15) is 0 Å². The van der Waals surface area contributed by atoms with Crippen molar-refractivity contribution in [3.8, 4) is 0 Å². The second-order valence-electron chi connectivity index (χ2n) is 10.0. The van der Waals surface area contributed by atoms with Gasteiger partial charge in [-0.25, -0.2) is 0 Å². The maximum absolute atomic E-state index is 13.8. The molecule has 0 spiro atoms. The molecule has 2 aliphatic carbocycles. The zero-order valence-electron chi connectivity index (χ0n) is 17.0. The van der Waals surface area contributed by atoms with E-state index in [1.54, 1.807) is 0 Å². The minimum absolute atomic E-state index is 0.0589. The number of aromatic nitrogens is 1. The first-order chi connectivity index (χ1) is 13.4. The second-order valence-corrected chi connectivity index (χ2v) is 10.0. The Morgan fingerprint density at radius 1 is 1.11 bits per heavy atom. The van der Waals surface area contributed by atoms with Gasteiger partial charge in [-0.15, -0.1) is 0 Å². The second kappa shape index (κ2) is 5.48. The van der Waals surface area contributed by atoms with Crippen LogP contribution in [0, 0.1) is 5.41 Å². The van der Waals surface area contributed by atoms with Gasteiger partial charge in [0.2, 0.25) is 5.91 Å². The van der Waals surface area contributed by atoms with Gasteiger partial charge in [-0.2, -0.15) is 0 Å². The zero-order chi connectivity index (χ0) is 19.2. The number of nitrogens with zero attached hydrogens (tertiary/aromatic N) is 2. The minimum Gasteiger partial charge on any atom is -0.299 e. The number of carbonyl (C=O) groups is 1. The van der Waals surface area contributed by atoms with E-state index in [1.807, 2.05) is 6.07 Å². The van der Waals surface area contributed by atoms with E-state index in [2.05, 4.69) is 60.7 Å². The van der Waals surface area contributed by atoms with Gasteiger partial charge in [0, 0.05) is 24.2 Å². The lowest BCUT2D eigenvalue weighted by Gasteiger charge is -2.44. The predicted molar refractivity (Wildman–Crippen MR) is 112 cm³/mol. The number of benzene rings is 1. The minimum atomic E-state index is -0.0589. The molecule has 144 valence electrons. The first-order valence-corrected chi connectivity index (χ1v) is 10.7. The molecule has 1 aromatic carbocycles. The quantitative estimate of drug-likeness (QED) is 0.692. The molecule has 0 amide bonds. The predicted octanol–water partition coefficient (Wildman–Crippen LogP) is 5.15. The zero-order valence-corrected chi connectivity index (χ0v) is 17.0. The number of hydrogen-bond acceptors (Lipinski definition) is 2. The first-order valence-electron chi connectivity index (χ1n) is 10.7. The van der Waals surface area contributed by atoms with Crippen LogP contribution in [0.3, 0.4) is 0 Å². The highest BCUT2D eigenvalue weighted by Gasteiger charge is 2.48. The average Bonchev–Trinajstić information content (AvgIpc) is 3.02. The van der Waals surface area contributed by atoms with E-state index in [4.69, 9.17) is 0 Å². The van der Waals surface area contributed by atoms with Crippen LogP contribution in [0.1, 0.15) is 83.9 Å². The third-order valence-electron chi connectivity index (χ3n) is 7.55. The Bertz CT molecular complexity index is 1030. The van der Waals surface area contributed by atoms with Crippen molar-refractivity contribution in [1.82, 2.24) is 9.47 Å². The number of rotatable bonds is 1. The molecule has 3 nitrogen and oxygen atoms in total. The van der Waals surface area contributed by atoms with Gasteiger partial charge in [0.15, 0.2) is 0 Å². The lowest BCUT2D eigenvalue weighted by Crippen LogP contribution is -2.41. The summed E-state index contributed by atoms with van der Waals surface area (Å²) in [7, 11) is 2.27. The Kier molecular flexibility index (Phi) is 3.28. The Balaban J connectivity index is 1.62. The summed E-state index contributed by atoms with van der Waals surface area (Å²) in [5, 5.41) is 0. The molecule has 7 rings (SSSR count). The molecule has 0 saturated carbocycles. The third kappa shape index (κ3) is 2.11. The van der Waals surface area contributed by atoms with E-state index in [0.29, 0.717) is 17.9 Å². The van der Waals surface area contributed by atoms with E-state index < -0.39 is 0 Å². The van der Waals surface area contributed by atoms with E-state index in [-0.39, 0.29) is 11.3 Å². The molecule has 3 heteroatoms. The molecule has 4 heterocycles. The Morgan fingerprint density at radius 2 is 1.89 bits per heavy atom. The van der Waals surface area contributed by atoms with Crippen molar-refractivity contribution in [2.45, 2.75) is 57.4 Å². The van der Waals surface area contributed by atoms with Crippen LogP contribution in [-0.2, 0) is 6.42 Å². The number of likely N-dealkylation sites (N-methyl/N-ethyl adjacent to an activating group) is 1. The molecule has 5 aliphatic rings. The molecule has 2 aromatic rings. The summed E-state index contributed by atoms with van der Waals surface area (Å²) in [6, 6.07) is 10.9. The Morgan fingerprint density at radius 3 is 2.64 bits per heavy atom. The van der Waals surface area contributed by atoms with E-state index in [1.165, 1.54) is 40.9 Å². The number of hydrogen-bond donors (Lipinski definition) is 0. The smallest absolute Gasteiger partial charge is 0.239 e. The summed E-state index contributed by atoms with van der Waals surface area (Å²) in [4.78, 5) is 16.4. The van der Waals surface area contributed by atoms with Gasteiger partial charge < -0.3 is 0 Å². The van der Waals surface area contributed by atoms with Crippen molar-refractivity contribution in [3.05, 3.63) is 64.5 Å². The van der Waals surface area contributed by atoms with Crippen molar-refractivity contribution in [2.75, 3.05) is 13.6 Å². The van der Waals surface area contributed by atoms with Crippen LogP contribution in [0.15, 0.2) is 36.4 Å². The largest absolute Gasteiger partial charge is 0.299 e. The Labute approximate surface area is 167 Å². The van der Waals surface area contributed by atoms with E-state index in [0.717, 1.165) is 24.9 Å². The SMILES string of the molecule is CN1CC2CCC1c1c3c4n(c12)C(=O)C(c1ccccc1)CC4=CC(C)(C)C3. The van der Waals surface area contributed by atoms with Crippen LogP contribution in [0.25, 0.3) is 5.57 Å². The first kappa shape index (κ1) is 16.8. The molecule has 0 N–H and O–H groups in total.